The average molecular weight is 136 g/mol. The van der Waals surface area contributed by atoms with Gasteiger partial charge in [0.15, 0.2) is 0 Å². The molecular weight excluding hydrogens is 124 g/mol. The molecule has 0 aromatic rings. The number of nitrogens with zero attached hydrogens (tertiary/aromatic N) is 1. The summed E-state index contributed by atoms with van der Waals surface area (Å²) in [6.07, 6.45) is 2.29. The zero-order valence-electron chi connectivity index (χ0n) is 6.01. The third-order valence-electron chi connectivity index (χ3n) is 2.84. The van der Waals surface area contributed by atoms with Gasteiger partial charge in [0.2, 0.25) is 0 Å². The Bertz CT molecular complexity index is 159. The molecular formula is C8H12N2. The molecule has 54 valence electrons. The van der Waals surface area contributed by atoms with Crippen LogP contribution in [0.15, 0.2) is 0 Å². The van der Waals surface area contributed by atoms with Crippen LogP contribution >= 0.6 is 0 Å². The summed E-state index contributed by atoms with van der Waals surface area (Å²) in [7, 11) is 0. The molecule has 2 rings (SSSR count). The summed E-state index contributed by atoms with van der Waals surface area (Å²) in [4.78, 5) is 0. The van der Waals surface area contributed by atoms with Crippen LogP contribution in [0.25, 0.3) is 0 Å². The second-order valence-electron chi connectivity index (χ2n) is 3.48. The third kappa shape index (κ3) is 0.819. The minimum absolute atomic E-state index is 0.372. The van der Waals surface area contributed by atoms with Gasteiger partial charge in [-0.05, 0) is 37.8 Å². The number of hydrogen-bond acceptors (Lipinski definition) is 2. The minimum Gasteiger partial charge on any atom is -0.316 e. The van der Waals surface area contributed by atoms with Gasteiger partial charge >= 0.3 is 0 Å². The maximum Gasteiger partial charge on any atom is 0.0656 e. The summed E-state index contributed by atoms with van der Waals surface area (Å²) in [6.45, 7) is 2.31. The minimum atomic E-state index is 0.372. The highest BCUT2D eigenvalue weighted by Gasteiger charge is 2.36. The van der Waals surface area contributed by atoms with Gasteiger partial charge < -0.3 is 5.32 Å². The van der Waals surface area contributed by atoms with E-state index in [-0.39, 0.29) is 0 Å². The van der Waals surface area contributed by atoms with Gasteiger partial charge in [0.25, 0.3) is 0 Å². The fourth-order valence-electron chi connectivity index (χ4n) is 2.27. The van der Waals surface area contributed by atoms with Crippen LogP contribution in [0.4, 0.5) is 0 Å². The van der Waals surface area contributed by atoms with Gasteiger partial charge in [0.1, 0.15) is 0 Å². The van der Waals surface area contributed by atoms with Crippen LogP contribution in [0.3, 0.4) is 0 Å². The summed E-state index contributed by atoms with van der Waals surface area (Å²) in [6, 6.07) is 2.36. The Balaban J connectivity index is 2.01. The number of hydrogen-bond donors (Lipinski definition) is 1. The molecule has 2 heteroatoms. The van der Waals surface area contributed by atoms with Crippen molar-refractivity contribution in [3.63, 3.8) is 0 Å². The van der Waals surface area contributed by atoms with Crippen LogP contribution in [0.2, 0.25) is 0 Å². The van der Waals surface area contributed by atoms with E-state index in [1.54, 1.807) is 0 Å². The number of nitriles is 1. The smallest absolute Gasteiger partial charge is 0.0656 e. The van der Waals surface area contributed by atoms with E-state index in [1.165, 1.54) is 0 Å². The standard InChI is InChI=1S/C8H12N2/c9-3-6-1-7-4-10-5-8(7)2-6/h6-8,10H,1-2,4-5H2. The van der Waals surface area contributed by atoms with Gasteiger partial charge in [-0.2, -0.15) is 5.26 Å². The molecule has 1 aliphatic carbocycles. The molecule has 2 unspecified atom stereocenters. The van der Waals surface area contributed by atoms with Gasteiger partial charge in [-0.25, -0.2) is 0 Å². The Morgan fingerprint density at radius 1 is 1.20 bits per heavy atom. The van der Waals surface area contributed by atoms with Crippen LogP contribution in [0.5, 0.6) is 0 Å². The molecule has 1 saturated heterocycles. The maximum absolute atomic E-state index is 8.65. The number of fused-ring (bicyclic) bond motifs is 1. The lowest BCUT2D eigenvalue weighted by molar-refractivity contribution is 0.494. The highest BCUT2D eigenvalue weighted by atomic mass is 14.9. The molecule has 0 aromatic carbocycles. The first-order valence-corrected chi connectivity index (χ1v) is 4.00. The Morgan fingerprint density at radius 3 is 2.30 bits per heavy atom. The maximum atomic E-state index is 8.65. The van der Waals surface area contributed by atoms with E-state index in [0.717, 1.165) is 37.8 Å². The van der Waals surface area contributed by atoms with E-state index in [9.17, 15) is 0 Å². The van der Waals surface area contributed by atoms with Gasteiger partial charge in [0, 0.05) is 5.92 Å². The SMILES string of the molecule is N#CC1CC2CNCC2C1. The molecule has 10 heavy (non-hydrogen) atoms. The van der Waals surface area contributed by atoms with E-state index < -0.39 is 0 Å². The zero-order chi connectivity index (χ0) is 6.97. The van der Waals surface area contributed by atoms with Gasteiger partial charge in [-0.3, -0.25) is 0 Å². The summed E-state index contributed by atoms with van der Waals surface area (Å²) in [5.41, 5.74) is 0. The molecule has 2 atom stereocenters. The van der Waals surface area contributed by atoms with Crippen molar-refractivity contribution in [1.29, 1.82) is 5.26 Å². The predicted molar refractivity (Wildman–Crippen MR) is 38.2 cm³/mol. The van der Waals surface area contributed by atoms with Crippen molar-refractivity contribution in [2.75, 3.05) is 13.1 Å². The van der Waals surface area contributed by atoms with E-state index in [1.807, 2.05) is 0 Å². The van der Waals surface area contributed by atoms with Crippen LogP contribution in [-0.4, -0.2) is 13.1 Å². The average Bonchev–Trinajstić information content (AvgIpc) is 2.42. The van der Waals surface area contributed by atoms with Crippen molar-refractivity contribution in [3.8, 4) is 6.07 Å². The quantitative estimate of drug-likeness (QED) is 0.533. The van der Waals surface area contributed by atoms with Gasteiger partial charge in [-0.15, -0.1) is 0 Å². The molecule has 2 nitrogen and oxygen atoms in total. The molecule has 0 spiro atoms. The summed E-state index contributed by atoms with van der Waals surface area (Å²) < 4.78 is 0. The lowest BCUT2D eigenvalue weighted by atomic mass is 10.0. The monoisotopic (exact) mass is 136 g/mol. The van der Waals surface area contributed by atoms with Crippen LogP contribution in [0, 0.1) is 29.1 Å². The molecule has 1 N–H and O–H groups in total. The first-order valence-electron chi connectivity index (χ1n) is 4.00. The summed E-state index contributed by atoms with van der Waals surface area (Å²) in [5.74, 6) is 2.02. The van der Waals surface area contributed by atoms with E-state index in [2.05, 4.69) is 11.4 Å². The molecule has 0 bridgehead atoms. The van der Waals surface area contributed by atoms with Crippen molar-refractivity contribution < 1.29 is 0 Å². The molecule has 1 heterocycles. The summed E-state index contributed by atoms with van der Waals surface area (Å²) >= 11 is 0. The molecule has 2 fully saturated rings. The highest BCUT2D eigenvalue weighted by molar-refractivity contribution is 4.98. The molecule has 0 aromatic heterocycles. The normalized spacial score (nSPS) is 44.9. The topological polar surface area (TPSA) is 35.8 Å². The Labute approximate surface area is 61.2 Å². The van der Waals surface area contributed by atoms with Crippen molar-refractivity contribution in [2.24, 2.45) is 17.8 Å². The molecule has 0 radical (unpaired) electrons. The van der Waals surface area contributed by atoms with Crippen molar-refractivity contribution in [1.82, 2.24) is 5.32 Å². The second kappa shape index (κ2) is 2.25. The Hall–Kier alpha value is -0.550. The molecule has 0 amide bonds. The second-order valence-corrected chi connectivity index (χ2v) is 3.48. The van der Waals surface area contributed by atoms with Crippen molar-refractivity contribution >= 4 is 0 Å². The Kier molecular flexibility index (Phi) is 1.39. The van der Waals surface area contributed by atoms with E-state index >= 15 is 0 Å². The third-order valence-corrected chi connectivity index (χ3v) is 2.84. The lowest BCUT2D eigenvalue weighted by Crippen LogP contribution is -2.11. The van der Waals surface area contributed by atoms with E-state index in [4.69, 9.17) is 5.26 Å². The van der Waals surface area contributed by atoms with Gasteiger partial charge in [-0.1, -0.05) is 0 Å². The van der Waals surface area contributed by atoms with Gasteiger partial charge in [0.05, 0.1) is 6.07 Å². The number of nitrogens with one attached hydrogen (secondary N) is 1. The highest BCUT2D eigenvalue weighted by Crippen LogP contribution is 2.37. The fourth-order valence-corrected chi connectivity index (χ4v) is 2.27. The van der Waals surface area contributed by atoms with Crippen LogP contribution in [0.1, 0.15) is 12.8 Å². The predicted octanol–water partition coefficient (Wildman–Crippen LogP) is 0.756. The molecule has 2 aliphatic rings. The van der Waals surface area contributed by atoms with Crippen molar-refractivity contribution in [2.45, 2.75) is 12.8 Å². The summed E-state index contributed by atoms with van der Waals surface area (Å²) in [5, 5.41) is 12.0. The van der Waals surface area contributed by atoms with Crippen LogP contribution in [-0.2, 0) is 0 Å². The Morgan fingerprint density at radius 2 is 1.80 bits per heavy atom. The largest absolute Gasteiger partial charge is 0.316 e. The van der Waals surface area contributed by atoms with Crippen LogP contribution < -0.4 is 5.32 Å². The first-order chi connectivity index (χ1) is 4.90. The lowest BCUT2D eigenvalue weighted by Gasteiger charge is -2.02. The molecule has 1 saturated carbocycles. The van der Waals surface area contributed by atoms with E-state index in [0.29, 0.717) is 5.92 Å². The first kappa shape index (κ1) is 6.18. The fraction of sp³-hybridized carbons (Fsp3) is 0.875. The number of rotatable bonds is 0. The zero-order valence-corrected chi connectivity index (χ0v) is 6.01. The van der Waals surface area contributed by atoms with Crippen molar-refractivity contribution in [3.05, 3.63) is 0 Å². The molecule has 1 aliphatic heterocycles.